The molecule has 0 radical (unpaired) electrons. The predicted molar refractivity (Wildman–Crippen MR) is 76.1 cm³/mol. The number of nitrogens with zero attached hydrogens (tertiary/aromatic N) is 2. The fraction of sp³-hybridized carbons (Fsp3) is 0.438. The van der Waals surface area contributed by atoms with Crippen molar-refractivity contribution in [3.05, 3.63) is 46.7 Å². The molecule has 1 N–H and O–H groups in total. The van der Waals surface area contributed by atoms with Crippen molar-refractivity contribution in [1.82, 2.24) is 9.88 Å². The average molecular weight is 269 g/mol. The maximum Gasteiger partial charge on any atom is 0.120 e. The van der Waals surface area contributed by atoms with Crippen LogP contribution in [0.1, 0.15) is 47.2 Å². The van der Waals surface area contributed by atoms with Gasteiger partial charge in [0.15, 0.2) is 0 Å². The van der Waals surface area contributed by atoms with Crippen LogP contribution in [0.5, 0.6) is 0 Å². The van der Waals surface area contributed by atoms with Crippen LogP contribution in [0.3, 0.4) is 0 Å². The summed E-state index contributed by atoms with van der Waals surface area (Å²) in [6, 6.07) is 6.64. The molecule has 0 amide bonds. The Morgan fingerprint density at radius 1 is 1.55 bits per heavy atom. The van der Waals surface area contributed by atoms with Gasteiger partial charge in [-0.05, 0) is 37.5 Å². The van der Waals surface area contributed by atoms with Crippen molar-refractivity contribution >= 4 is 0 Å². The minimum atomic E-state index is 0.364. The van der Waals surface area contributed by atoms with Gasteiger partial charge in [-0.1, -0.05) is 0 Å². The van der Waals surface area contributed by atoms with Crippen LogP contribution in [-0.4, -0.2) is 4.57 Å². The van der Waals surface area contributed by atoms with Gasteiger partial charge in [-0.3, -0.25) is 0 Å². The van der Waals surface area contributed by atoms with Gasteiger partial charge in [0.2, 0.25) is 0 Å². The van der Waals surface area contributed by atoms with Crippen LogP contribution in [-0.2, 0) is 20.0 Å². The molecule has 0 saturated carbocycles. The maximum absolute atomic E-state index is 9.07. The van der Waals surface area contributed by atoms with E-state index in [1.54, 1.807) is 6.26 Å². The molecule has 1 aliphatic carbocycles. The minimum Gasteiger partial charge on any atom is -0.469 e. The van der Waals surface area contributed by atoms with Gasteiger partial charge in [-0.15, -0.1) is 0 Å². The quantitative estimate of drug-likeness (QED) is 0.932. The number of furan rings is 1. The van der Waals surface area contributed by atoms with Gasteiger partial charge < -0.3 is 14.3 Å². The first-order valence-electron chi connectivity index (χ1n) is 7.05. The van der Waals surface area contributed by atoms with Crippen LogP contribution in [0, 0.1) is 18.3 Å². The Labute approximate surface area is 119 Å². The summed E-state index contributed by atoms with van der Waals surface area (Å²) in [5.41, 5.74) is 4.36. The molecule has 1 atom stereocenters. The van der Waals surface area contributed by atoms with Crippen LogP contribution in [0.15, 0.2) is 22.8 Å². The van der Waals surface area contributed by atoms with Crippen LogP contribution in [0.25, 0.3) is 0 Å². The number of nitrogens with one attached hydrogen (secondary N) is 1. The zero-order valence-corrected chi connectivity index (χ0v) is 11.9. The Bertz CT molecular complexity index is 660. The maximum atomic E-state index is 9.07. The largest absolute Gasteiger partial charge is 0.469 e. The summed E-state index contributed by atoms with van der Waals surface area (Å²) in [4.78, 5) is 0. The third-order valence-electron chi connectivity index (χ3n) is 4.35. The van der Waals surface area contributed by atoms with Crippen molar-refractivity contribution < 1.29 is 4.42 Å². The number of aryl methyl sites for hydroxylation is 1. The first-order chi connectivity index (χ1) is 9.70. The molecule has 2 aromatic heterocycles. The number of fused-ring (bicyclic) bond motifs is 1. The molecule has 0 fully saturated rings. The monoisotopic (exact) mass is 269 g/mol. The van der Waals surface area contributed by atoms with E-state index in [1.165, 1.54) is 11.1 Å². The van der Waals surface area contributed by atoms with Crippen LogP contribution >= 0.6 is 0 Å². The summed E-state index contributed by atoms with van der Waals surface area (Å²) in [6.45, 7) is 2.85. The molecule has 0 saturated heterocycles. The van der Waals surface area contributed by atoms with Crippen LogP contribution < -0.4 is 5.32 Å². The third kappa shape index (κ3) is 2.14. The fourth-order valence-electron chi connectivity index (χ4n) is 2.98. The number of aromatic nitrogens is 1. The highest BCUT2D eigenvalue weighted by atomic mass is 16.3. The molecule has 20 heavy (non-hydrogen) atoms. The predicted octanol–water partition coefficient (Wildman–Crippen LogP) is 2.97. The number of nitriles is 1. The van der Waals surface area contributed by atoms with E-state index in [-0.39, 0.29) is 0 Å². The van der Waals surface area contributed by atoms with Gasteiger partial charge in [0.25, 0.3) is 0 Å². The van der Waals surface area contributed by atoms with E-state index in [0.29, 0.717) is 11.7 Å². The molecule has 2 heterocycles. The van der Waals surface area contributed by atoms with Crippen molar-refractivity contribution in [1.29, 1.82) is 5.26 Å². The Hall–Kier alpha value is -1.99. The summed E-state index contributed by atoms with van der Waals surface area (Å²) >= 11 is 0. The van der Waals surface area contributed by atoms with Gasteiger partial charge in [0.1, 0.15) is 17.5 Å². The van der Waals surface area contributed by atoms with Crippen LogP contribution in [0.2, 0.25) is 0 Å². The van der Waals surface area contributed by atoms with Gasteiger partial charge >= 0.3 is 0 Å². The number of hydrogen-bond acceptors (Lipinski definition) is 3. The topological polar surface area (TPSA) is 53.9 Å². The highest BCUT2D eigenvalue weighted by molar-refractivity contribution is 5.34. The van der Waals surface area contributed by atoms with E-state index in [9.17, 15) is 0 Å². The van der Waals surface area contributed by atoms with E-state index in [1.807, 2.05) is 17.7 Å². The van der Waals surface area contributed by atoms with Crippen molar-refractivity contribution in [3.63, 3.8) is 0 Å². The summed E-state index contributed by atoms with van der Waals surface area (Å²) < 4.78 is 7.46. The molecular weight excluding hydrogens is 250 g/mol. The normalized spacial score (nSPS) is 17.8. The standard InChI is InChI=1S/C16H19N3O/c1-11-12(8-13(9-17)19(11)2)10-18-15-4-3-5-16-14(15)6-7-20-16/h6-8,15,18H,3-5,10H2,1-2H3. The second-order valence-corrected chi connectivity index (χ2v) is 5.44. The average Bonchev–Trinajstić information content (AvgIpc) is 3.04. The smallest absolute Gasteiger partial charge is 0.120 e. The Kier molecular flexibility index (Phi) is 3.37. The number of rotatable bonds is 3. The van der Waals surface area contributed by atoms with Crippen molar-refractivity contribution in [2.24, 2.45) is 7.05 Å². The van der Waals surface area contributed by atoms with Gasteiger partial charge in [-0.25, -0.2) is 0 Å². The van der Waals surface area contributed by atoms with Crippen molar-refractivity contribution in [3.8, 4) is 6.07 Å². The van der Waals surface area contributed by atoms with E-state index in [0.717, 1.165) is 37.3 Å². The molecule has 104 valence electrons. The Morgan fingerprint density at radius 3 is 3.15 bits per heavy atom. The molecule has 0 bridgehead atoms. The number of hydrogen-bond donors (Lipinski definition) is 1. The molecule has 0 aliphatic heterocycles. The van der Waals surface area contributed by atoms with E-state index < -0.39 is 0 Å². The highest BCUT2D eigenvalue weighted by Gasteiger charge is 2.22. The summed E-state index contributed by atoms with van der Waals surface area (Å²) in [5, 5.41) is 12.7. The SMILES string of the molecule is Cc1c(CNC2CCCc3occc32)cc(C#N)n1C. The van der Waals surface area contributed by atoms with Crippen LogP contribution in [0.4, 0.5) is 0 Å². The molecular formula is C16H19N3O. The lowest BCUT2D eigenvalue weighted by atomic mass is 9.93. The minimum absolute atomic E-state index is 0.364. The van der Waals surface area contributed by atoms with Crippen molar-refractivity contribution in [2.75, 3.05) is 0 Å². The molecule has 4 nitrogen and oxygen atoms in total. The van der Waals surface area contributed by atoms with Gasteiger partial charge in [0.05, 0.1) is 6.26 Å². The van der Waals surface area contributed by atoms with Gasteiger partial charge in [0, 0.05) is 37.3 Å². The lowest BCUT2D eigenvalue weighted by molar-refractivity contribution is 0.410. The summed E-state index contributed by atoms with van der Waals surface area (Å²) in [5.74, 6) is 1.12. The Balaban J connectivity index is 1.74. The Morgan fingerprint density at radius 2 is 2.40 bits per heavy atom. The molecule has 3 rings (SSSR count). The summed E-state index contributed by atoms with van der Waals surface area (Å²) in [6.07, 6.45) is 5.13. The fourth-order valence-corrected chi connectivity index (χ4v) is 2.98. The van der Waals surface area contributed by atoms with E-state index in [4.69, 9.17) is 9.68 Å². The summed E-state index contributed by atoms with van der Waals surface area (Å²) in [7, 11) is 1.94. The molecule has 2 aromatic rings. The first kappa shape index (κ1) is 13.0. The zero-order chi connectivity index (χ0) is 14.1. The zero-order valence-electron chi connectivity index (χ0n) is 11.9. The van der Waals surface area contributed by atoms with Crippen molar-refractivity contribution in [2.45, 2.75) is 38.8 Å². The first-order valence-corrected chi connectivity index (χ1v) is 7.05. The molecule has 4 heteroatoms. The second-order valence-electron chi connectivity index (χ2n) is 5.44. The van der Waals surface area contributed by atoms with E-state index >= 15 is 0 Å². The molecule has 0 aromatic carbocycles. The second kappa shape index (κ2) is 5.18. The van der Waals surface area contributed by atoms with E-state index in [2.05, 4.69) is 24.4 Å². The molecule has 1 unspecified atom stereocenters. The molecule has 0 spiro atoms. The third-order valence-corrected chi connectivity index (χ3v) is 4.35. The lowest BCUT2D eigenvalue weighted by Crippen LogP contribution is -2.24. The highest BCUT2D eigenvalue weighted by Crippen LogP contribution is 2.30. The lowest BCUT2D eigenvalue weighted by Gasteiger charge is -2.22. The molecule has 1 aliphatic rings. The van der Waals surface area contributed by atoms with Gasteiger partial charge in [-0.2, -0.15) is 5.26 Å².